The average Bonchev–Trinajstić information content (AvgIpc) is 2.25. The summed E-state index contributed by atoms with van der Waals surface area (Å²) in [5.41, 5.74) is 0.658. The molecule has 16 heavy (non-hydrogen) atoms. The highest BCUT2D eigenvalue weighted by molar-refractivity contribution is 5.59. The van der Waals surface area contributed by atoms with Gasteiger partial charge in [-0.2, -0.15) is 0 Å². The Kier molecular flexibility index (Phi) is 4.19. The molecule has 0 radical (unpaired) electrons. The highest BCUT2D eigenvalue weighted by atomic mass is 16.6. The maximum atomic E-state index is 10.9. The molecule has 0 aliphatic rings. The molecule has 0 spiro atoms. The lowest BCUT2D eigenvalue weighted by Gasteiger charge is -2.12. The monoisotopic (exact) mass is 224 g/mol. The number of nitrogens with one attached hydrogen (secondary N) is 2. The quantitative estimate of drug-likeness (QED) is 0.582. The minimum Gasteiger partial charge on any atom is -0.363 e. The highest BCUT2D eigenvalue weighted by Crippen LogP contribution is 2.25. The van der Waals surface area contributed by atoms with E-state index in [2.05, 4.69) is 15.6 Å². The van der Waals surface area contributed by atoms with Gasteiger partial charge < -0.3 is 10.6 Å². The van der Waals surface area contributed by atoms with Crippen molar-refractivity contribution >= 4 is 11.5 Å². The molecule has 1 rings (SSSR count). The van der Waals surface area contributed by atoms with Crippen LogP contribution in [0, 0.1) is 17.0 Å². The van der Waals surface area contributed by atoms with Crippen LogP contribution in [0.2, 0.25) is 0 Å². The van der Waals surface area contributed by atoms with Crippen LogP contribution in [0.3, 0.4) is 0 Å². The summed E-state index contributed by atoms with van der Waals surface area (Å²) in [6, 6.07) is 1.85. The molecule has 0 aliphatic heterocycles. The van der Waals surface area contributed by atoms with E-state index in [1.807, 2.05) is 14.0 Å². The Labute approximate surface area is 94.2 Å². The summed E-state index contributed by atoms with van der Waals surface area (Å²) in [6.45, 7) is 4.27. The first-order chi connectivity index (χ1) is 7.56. The summed E-state index contributed by atoms with van der Waals surface area (Å²) in [5, 5.41) is 16.9. The van der Waals surface area contributed by atoms with E-state index < -0.39 is 4.92 Å². The van der Waals surface area contributed by atoms with Crippen molar-refractivity contribution in [3.05, 3.63) is 27.9 Å². The van der Waals surface area contributed by atoms with Crippen molar-refractivity contribution in [2.24, 2.45) is 0 Å². The van der Waals surface area contributed by atoms with Crippen LogP contribution in [0.15, 0.2) is 12.3 Å². The molecule has 0 aromatic carbocycles. The zero-order valence-corrected chi connectivity index (χ0v) is 9.65. The molecule has 0 bridgehead atoms. The maximum Gasteiger partial charge on any atom is 0.314 e. The van der Waals surface area contributed by atoms with E-state index in [1.54, 1.807) is 19.2 Å². The van der Waals surface area contributed by atoms with Crippen LogP contribution in [-0.4, -0.2) is 29.5 Å². The first-order valence-electron chi connectivity index (χ1n) is 5.07. The molecule has 0 aliphatic carbocycles. The lowest BCUT2D eigenvalue weighted by atomic mass is 10.2. The van der Waals surface area contributed by atoms with Crippen molar-refractivity contribution in [2.75, 3.05) is 18.9 Å². The van der Waals surface area contributed by atoms with E-state index in [-0.39, 0.29) is 11.7 Å². The molecule has 1 aromatic heterocycles. The topological polar surface area (TPSA) is 80.1 Å². The zero-order chi connectivity index (χ0) is 12.1. The van der Waals surface area contributed by atoms with Crippen molar-refractivity contribution in [3.8, 4) is 0 Å². The minimum atomic E-state index is -0.408. The number of nitro groups is 1. The molecule has 1 heterocycles. The summed E-state index contributed by atoms with van der Waals surface area (Å²) in [4.78, 5) is 14.4. The zero-order valence-electron chi connectivity index (χ0n) is 9.65. The second-order valence-electron chi connectivity index (χ2n) is 3.65. The van der Waals surface area contributed by atoms with E-state index in [4.69, 9.17) is 0 Å². The van der Waals surface area contributed by atoms with Gasteiger partial charge in [-0.1, -0.05) is 0 Å². The Hall–Kier alpha value is -1.69. The molecule has 6 heteroatoms. The Morgan fingerprint density at radius 2 is 2.31 bits per heavy atom. The molecule has 6 nitrogen and oxygen atoms in total. The van der Waals surface area contributed by atoms with Crippen LogP contribution in [0.1, 0.15) is 12.5 Å². The molecular weight excluding hydrogens is 208 g/mol. The molecule has 0 saturated carbocycles. The Morgan fingerprint density at radius 1 is 1.62 bits per heavy atom. The van der Waals surface area contributed by atoms with Gasteiger partial charge in [-0.15, -0.1) is 0 Å². The van der Waals surface area contributed by atoms with E-state index >= 15 is 0 Å². The smallest absolute Gasteiger partial charge is 0.314 e. The second-order valence-corrected chi connectivity index (χ2v) is 3.65. The number of hydrogen-bond donors (Lipinski definition) is 2. The first kappa shape index (κ1) is 12.4. The number of anilines is 1. The number of aryl methyl sites for hydroxylation is 1. The third-order valence-corrected chi connectivity index (χ3v) is 2.38. The van der Waals surface area contributed by atoms with Crippen molar-refractivity contribution in [3.63, 3.8) is 0 Å². The van der Waals surface area contributed by atoms with Gasteiger partial charge >= 0.3 is 5.69 Å². The maximum absolute atomic E-state index is 10.9. The summed E-state index contributed by atoms with van der Waals surface area (Å²) in [7, 11) is 1.84. The van der Waals surface area contributed by atoms with E-state index in [0.717, 1.165) is 0 Å². The van der Waals surface area contributed by atoms with Gasteiger partial charge in [0.25, 0.3) is 0 Å². The number of aromatic nitrogens is 1. The van der Waals surface area contributed by atoms with Crippen LogP contribution in [0.4, 0.5) is 11.5 Å². The van der Waals surface area contributed by atoms with E-state index in [0.29, 0.717) is 17.9 Å². The number of nitrogens with zero attached hydrogens (tertiary/aromatic N) is 2. The summed E-state index contributed by atoms with van der Waals surface area (Å²) < 4.78 is 0. The van der Waals surface area contributed by atoms with Crippen LogP contribution < -0.4 is 10.6 Å². The summed E-state index contributed by atoms with van der Waals surface area (Å²) in [6.07, 6.45) is 1.56. The lowest BCUT2D eigenvalue weighted by Crippen LogP contribution is -2.29. The van der Waals surface area contributed by atoms with Crippen molar-refractivity contribution in [2.45, 2.75) is 19.9 Å². The largest absolute Gasteiger partial charge is 0.363 e. The second kappa shape index (κ2) is 5.41. The Morgan fingerprint density at radius 3 is 2.88 bits per heavy atom. The first-order valence-corrected chi connectivity index (χ1v) is 5.07. The fraction of sp³-hybridized carbons (Fsp3) is 0.500. The standard InChI is InChI=1S/C10H16N4O2/c1-7-4-5-12-10(9(7)14(15)16)13-6-8(2)11-3/h4-5,8,11H,6H2,1-3H3,(H,12,13). The molecule has 1 atom stereocenters. The third kappa shape index (κ3) is 2.90. The third-order valence-electron chi connectivity index (χ3n) is 2.38. The van der Waals surface area contributed by atoms with Crippen LogP contribution in [0.5, 0.6) is 0 Å². The van der Waals surface area contributed by atoms with Crippen molar-refractivity contribution < 1.29 is 4.92 Å². The highest BCUT2D eigenvalue weighted by Gasteiger charge is 2.18. The summed E-state index contributed by atoms with van der Waals surface area (Å²) in [5.74, 6) is 0.326. The van der Waals surface area contributed by atoms with Gasteiger partial charge in [0, 0.05) is 24.3 Å². The number of hydrogen-bond acceptors (Lipinski definition) is 5. The normalized spacial score (nSPS) is 12.2. The predicted molar refractivity (Wildman–Crippen MR) is 62.6 cm³/mol. The fourth-order valence-corrected chi connectivity index (χ4v) is 1.26. The predicted octanol–water partition coefficient (Wildman–Crippen LogP) is 1.32. The number of pyridine rings is 1. The Bertz CT molecular complexity index is 381. The molecule has 2 N–H and O–H groups in total. The van der Waals surface area contributed by atoms with Gasteiger partial charge in [-0.05, 0) is 27.0 Å². The van der Waals surface area contributed by atoms with Gasteiger partial charge in [0.2, 0.25) is 5.82 Å². The molecule has 0 amide bonds. The number of likely N-dealkylation sites (N-methyl/N-ethyl adjacent to an activating group) is 1. The molecule has 88 valence electrons. The lowest BCUT2D eigenvalue weighted by molar-refractivity contribution is -0.384. The fourth-order valence-electron chi connectivity index (χ4n) is 1.26. The van der Waals surface area contributed by atoms with Gasteiger partial charge in [0.1, 0.15) is 0 Å². The molecule has 0 saturated heterocycles. The van der Waals surface area contributed by atoms with E-state index in [9.17, 15) is 10.1 Å². The molecule has 1 unspecified atom stereocenters. The van der Waals surface area contributed by atoms with Crippen LogP contribution in [0.25, 0.3) is 0 Å². The SMILES string of the molecule is CNC(C)CNc1nccc(C)c1[N+](=O)[O-]. The average molecular weight is 224 g/mol. The molecular formula is C10H16N4O2. The molecule has 1 aromatic rings. The number of rotatable bonds is 5. The van der Waals surface area contributed by atoms with Gasteiger partial charge in [0.05, 0.1) is 4.92 Å². The molecule has 0 fully saturated rings. The van der Waals surface area contributed by atoms with Crippen LogP contribution in [-0.2, 0) is 0 Å². The summed E-state index contributed by atoms with van der Waals surface area (Å²) >= 11 is 0. The van der Waals surface area contributed by atoms with Gasteiger partial charge in [0.15, 0.2) is 0 Å². The van der Waals surface area contributed by atoms with E-state index in [1.165, 1.54) is 0 Å². The van der Waals surface area contributed by atoms with Gasteiger partial charge in [-0.25, -0.2) is 4.98 Å². The van der Waals surface area contributed by atoms with Crippen molar-refractivity contribution in [1.82, 2.24) is 10.3 Å². The van der Waals surface area contributed by atoms with Crippen molar-refractivity contribution in [1.29, 1.82) is 0 Å². The Balaban J connectivity index is 2.87. The minimum absolute atomic E-state index is 0.0470. The van der Waals surface area contributed by atoms with Gasteiger partial charge in [-0.3, -0.25) is 10.1 Å². The van der Waals surface area contributed by atoms with Crippen LogP contribution >= 0.6 is 0 Å².